The number of carboxylic acids is 2. The molecular formula is C48H48B2Co4F8N8O14+2. The molecule has 0 saturated heterocycles. The van der Waals surface area contributed by atoms with E-state index in [-0.39, 0.29) is 124 Å². The van der Waals surface area contributed by atoms with E-state index >= 15 is 0 Å². The molecule has 0 spiro atoms. The van der Waals surface area contributed by atoms with Crippen molar-refractivity contribution in [3.63, 3.8) is 0 Å². The molecule has 22 nitrogen and oxygen atoms in total. The third-order valence-electron chi connectivity index (χ3n) is 8.10. The molecule has 84 heavy (non-hydrogen) atoms. The number of carbonyl (C=O) groups is 2. The number of carboxylic acid groups (broad SMARTS) is 2. The SMILES string of the molecule is CC(=O)[O-].CC(=O)[O-].F[B-](F)(F)F.F[B-](F)(F)F.[Co+2].[Co+2].[Co+2].[Co+2].[O-]C(O)(c1ccccn1)c1ccccn1.[O-]C(O)(c1ccccn1)c1ccccn1.[O-]C(O)(c1ccccn1)c1ccccn1.[O-]C(O)(c1ccccn1)c1ccccn1.[OH3+].[OH3+]. The molecule has 4 radical (unpaired) electrons. The van der Waals surface area contributed by atoms with Crippen LogP contribution in [0.25, 0.3) is 0 Å². The molecule has 36 heteroatoms. The number of hydrogen-bond acceptors (Lipinski definition) is 20. The first-order valence-corrected chi connectivity index (χ1v) is 21.4. The number of aromatic nitrogens is 8. The van der Waals surface area contributed by atoms with Gasteiger partial charge in [-0.3, -0.25) is 39.9 Å². The van der Waals surface area contributed by atoms with Crippen molar-refractivity contribution in [2.24, 2.45) is 0 Å². The Morgan fingerprint density at radius 1 is 0.321 bits per heavy atom. The first kappa shape index (κ1) is 88.6. The Morgan fingerprint density at radius 3 is 0.464 bits per heavy atom. The van der Waals surface area contributed by atoms with E-state index in [1.165, 1.54) is 98.1 Å². The van der Waals surface area contributed by atoms with Crippen LogP contribution < -0.4 is 30.6 Å². The second-order valence-electron chi connectivity index (χ2n) is 14.3. The molecule has 8 aromatic rings. The molecule has 8 heterocycles. The molecule has 0 atom stereocenters. The summed E-state index contributed by atoms with van der Waals surface area (Å²) < 4.78 is 78.0. The monoisotopic (exact) mass is 1370 g/mol. The molecule has 0 amide bonds. The molecule has 0 aliphatic carbocycles. The quantitative estimate of drug-likeness (QED) is 0.0575. The van der Waals surface area contributed by atoms with E-state index in [1.54, 1.807) is 97.1 Å². The van der Waals surface area contributed by atoms with E-state index in [2.05, 4.69) is 39.9 Å². The fraction of sp³-hybridized carbons (Fsp3) is 0.125. The first-order valence-electron chi connectivity index (χ1n) is 21.4. The van der Waals surface area contributed by atoms with Crippen molar-refractivity contribution in [2.45, 2.75) is 37.0 Å². The topological polar surface area (TPSA) is 423 Å². The van der Waals surface area contributed by atoms with Crippen molar-refractivity contribution in [3.8, 4) is 0 Å². The van der Waals surface area contributed by atoms with Crippen molar-refractivity contribution >= 4 is 26.4 Å². The Morgan fingerprint density at radius 2 is 0.405 bits per heavy atom. The molecule has 0 aliphatic heterocycles. The molecule has 0 unspecified atom stereocenters. The Balaban J connectivity index is -0.000000215. The Bertz CT molecular complexity index is 2350. The number of carbonyl (C=O) groups excluding carboxylic acids is 2. The molecule has 10 N–H and O–H groups in total. The minimum absolute atomic E-state index is 0. The van der Waals surface area contributed by atoms with Gasteiger partial charge in [-0.1, -0.05) is 48.5 Å². The molecule has 0 aromatic carbocycles. The number of aliphatic hydroxyl groups is 4. The Kier molecular flexibility index (Phi) is 46.3. The summed E-state index contributed by atoms with van der Waals surface area (Å²) in [5, 5.41) is 105. The summed E-state index contributed by atoms with van der Waals surface area (Å²) in [7, 11) is -12.0. The maximum absolute atomic E-state index is 11.9. The van der Waals surface area contributed by atoms with Crippen LogP contribution in [0.15, 0.2) is 195 Å². The Hall–Kier alpha value is -6.66. The fourth-order valence-electron chi connectivity index (χ4n) is 5.03. The second-order valence-corrected chi connectivity index (χ2v) is 14.3. The van der Waals surface area contributed by atoms with Crippen LogP contribution in [0, 0.1) is 0 Å². The van der Waals surface area contributed by atoms with Crippen molar-refractivity contribution < 1.29 is 173 Å². The fourth-order valence-corrected chi connectivity index (χ4v) is 5.03. The smallest absolute Gasteiger partial charge is 0.819 e. The summed E-state index contributed by atoms with van der Waals surface area (Å²) in [6.45, 7) is 1.94. The van der Waals surface area contributed by atoms with Crippen LogP contribution in [0.2, 0.25) is 0 Å². The average molecular weight is 1370 g/mol. The summed E-state index contributed by atoms with van der Waals surface area (Å²) >= 11 is 0. The van der Waals surface area contributed by atoms with Crippen LogP contribution >= 0.6 is 0 Å². The third kappa shape index (κ3) is 37.5. The number of hydrogen-bond donors (Lipinski definition) is 4. The minimum Gasteiger partial charge on any atom is -0.819 e. The van der Waals surface area contributed by atoms with Gasteiger partial charge in [-0.05, 0) is 111 Å². The van der Waals surface area contributed by atoms with Gasteiger partial charge in [-0.2, -0.15) is 0 Å². The van der Waals surface area contributed by atoms with Gasteiger partial charge in [0.15, 0.2) is 0 Å². The van der Waals surface area contributed by atoms with Gasteiger partial charge in [-0.25, -0.2) is 0 Å². The van der Waals surface area contributed by atoms with E-state index in [4.69, 9.17) is 19.8 Å². The Labute approximate surface area is 514 Å². The third-order valence-corrected chi connectivity index (χ3v) is 8.10. The zero-order valence-electron chi connectivity index (χ0n) is 42.8. The summed E-state index contributed by atoms with van der Waals surface area (Å²) in [6.07, 6.45) is 11.7. The van der Waals surface area contributed by atoms with Crippen LogP contribution in [0.4, 0.5) is 34.5 Å². The molecule has 460 valence electrons. The van der Waals surface area contributed by atoms with Crippen molar-refractivity contribution in [1.82, 2.24) is 39.9 Å². The molecule has 0 saturated carbocycles. The molecule has 0 fully saturated rings. The molecule has 0 aliphatic rings. The van der Waals surface area contributed by atoms with E-state index in [0.29, 0.717) is 0 Å². The maximum atomic E-state index is 11.9. The van der Waals surface area contributed by atoms with E-state index in [0.717, 1.165) is 13.8 Å². The maximum Gasteiger partial charge on any atom is 2.00 e. The van der Waals surface area contributed by atoms with E-state index in [9.17, 15) is 75.4 Å². The zero-order chi connectivity index (χ0) is 59.1. The normalized spacial score (nSPS) is 10.1. The van der Waals surface area contributed by atoms with Crippen molar-refractivity contribution in [2.75, 3.05) is 0 Å². The summed E-state index contributed by atoms with van der Waals surface area (Å²) in [6, 6.07) is 38.4. The summed E-state index contributed by atoms with van der Waals surface area (Å²) in [4.78, 5) is 48.4. The van der Waals surface area contributed by atoms with Crippen molar-refractivity contribution in [1.29, 1.82) is 0 Å². The van der Waals surface area contributed by atoms with Crippen LogP contribution in [0.1, 0.15) is 59.4 Å². The van der Waals surface area contributed by atoms with Gasteiger partial charge >= 0.3 is 81.6 Å². The number of rotatable bonds is 8. The first-order chi connectivity index (χ1) is 36.3. The molecule has 8 aromatic heterocycles. The van der Waals surface area contributed by atoms with Gasteiger partial charge in [0.1, 0.15) is 0 Å². The van der Waals surface area contributed by atoms with Crippen molar-refractivity contribution in [3.05, 3.63) is 241 Å². The average Bonchev–Trinajstić information content (AvgIpc) is 3.40. The second kappa shape index (κ2) is 43.9. The van der Waals surface area contributed by atoms with Crippen LogP contribution in [-0.4, -0.2) is 86.7 Å². The number of pyridine rings is 8. The van der Waals surface area contributed by atoms with Gasteiger partial charge in [0.05, 0.1) is 68.7 Å². The van der Waals surface area contributed by atoms with Gasteiger partial charge in [0, 0.05) is 61.5 Å². The predicted molar refractivity (Wildman–Crippen MR) is 257 cm³/mol. The predicted octanol–water partition coefficient (Wildman–Crippen LogP) is -1.62. The number of halogens is 8. The van der Waals surface area contributed by atoms with E-state index < -0.39 is 49.6 Å². The molecule has 0 bridgehead atoms. The summed E-state index contributed by atoms with van der Waals surface area (Å²) in [5.41, 5.74) is 0.361. The van der Waals surface area contributed by atoms with Crippen LogP contribution in [-0.2, 0) is 111 Å². The minimum atomic E-state index is -6.00. The molecule has 8 rings (SSSR count). The summed E-state index contributed by atoms with van der Waals surface area (Å²) in [5.74, 6) is -11.7. The van der Waals surface area contributed by atoms with Crippen LogP contribution in [0.3, 0.4) is 0 Å². The van der Waals surface area contributed by atoms with Gasteiger partial charge in [0.25, 0.3) is 0 Å². The number of nitrogens with zero attached hydrogens (tertiary/aromatic N) is 8. The van der Waals surface area contributed by atoms with Gasteiger partial charge in [-0.15, -0.1) is 0 Å². The van der Waals surface area contributed by atoms with Crippen LogP contribution in [0.5, 0.6) is 0 Å². The largest absolute Gasteiger partial charge is 2.00 e. The zero-order valence-corrected chi connectivity index (χ0v) is 46.9. The number of aliphatic carboxylic acids is 2. The van der Waals surface area contributed by atoms with E-state index in [1.807, 2.05) is 0 Å². The van der Waals surface area contributed by atoms with Gasteiger partial charge in [0.2, 0.25) is 0 Å². The standard InChI is InChI=1S/4C11H9N2O2.2C2H4O2.2BF4.4Co.2H2O/c4*14-11(15,9-5-1-3-7-12-9)10-6-2-4-8-13-10;2*1-2(3)4;2*2-1(3,4)5;;;;;;/h4*1-8,14H;2*1H3,(H,3,4);;;;;;;2*1H2/q4*-1;;;2*-1;4*+2;;. The van der Waals surface area contributed by atoms with Gasteiger partial charge < -0.3 is 106 Å². The molecular weight excluding hydrogens is 1320 g/mol.